The molecule has 2 heterocycles. The Morgan fingerprint density at radius 1 is 1.30 bits per heavy atom. The molecule has 1 aliphatic rings. The zero-order valence-electron chi connectivity index (χ0n) is 13.2. The first-order valence-electron chi connectivity index (χ1n) is 8.11. The number of piperidine rings is 1. The van der Waals surface area contributed by atoms with Gasteiger partial charge in [0.05, 0.1) is 0 Å². The van der Waals surface area contributed by atoms with E-state index in [9.17, 15) is 0 Å². The Bertz CT molecular complexity index is 378. The van der Waals surface area contributed by atoms with Gasteiger partial charge in [-0.25, -0.2) is 4.98 Å². The zero-order chi connectivity index (χ0) is 14.4. The summed E-state index contributed by atoms with van der Waals surface area (Å²) in [4.78, 5) is 7.07. The number of hydrogen-bond donors (Lipinski definition) is 1. The third-order valence-corrected chi connectivity index (χ3v) is 4.37. The van der Waals surface area contributed by atoms with E-state index in [1.54, 1.807) is 0 Å². The van der Waals surface area contributed by atoms with Crippen molar-refractivity contribution >= 4 is 5.82 Å². The highest BCUT2D eigenvalue weighted by atomic mass is 15.2. The van der Waals surface area contributed by atoms with Crippen LogP contribution in [0.4, 0.5) is 5.82 Å². The maximum atomic E-state index is 4.64. The molecule has 0 amide bonds. The van der Waals surface area contributed by atoms with Crippen LogP contribution in [0.3, 0.4) is 0 Å². The molecule has 1 aromatic heterocycles. The number of nitrogens with one attached hydrogen (secondary N) is 1. The lowest BCUT2D eigenvalue weighted by Crippen LogP contribution is -2.35. The highest BCUT2D eigenvalue weighted by molar-refractivity contribution is 5.39. The van der Waals surface area contributed by atoms with E-state index in [2.05, 4.69) is 48.1 Å². The molecule has 1 N–H and O–H groups in total. The molecule has 20 heavy (non-hydrogen) atoms. The van der Waals surface area contributed by atoms with Gasteiger partial charge >= 0.3 is 0 Å². The van der Waals surface area contributed by atoms with Crippen LogP contribution in [0.5, 0.6) is 0 Å². The first-order valence-corrected chi connectivity index (χ1v) is 8.11. The molecule has 0 bridgehead atoms. The Kier molecular flexibility index (Phi) is 5.84. The zero-order valence-corrected chi connectivity index (χ0v) is 13.2. The van der Waals surface area contributed by atoms with Crippen molar-refractivity contribution in [2.45, 2.75) is 46.6 Å². The van der Waals surface area contributed by atoms with E-state index in [1.165, 1.54) is 24.8 Å². The Morgan fingerprint density at radius 3 is 2.60 bits per heavy atom. The fraction of sp³-hybridized carbons (Fsp3) is 0.706. The van der Waals surface area contributed by atoms with Crippen LogP contribution in [0, 0.1) is 11.8 Å². The van der Waals surface area contributed by atoms with Crippen LogP contribution in [-0.2, 0) is 6.54 Å². The fourth-order valence-corrected chi connectivity index (χ4v) is 2.91. The molecule has 1 aromatic rings. The van der Waals surface area contributed by atoms with Gasteiger partial charge in [0, 0.05) is 25.8 Å². The SMILES string of the molecule is CCCNCc1ccc(N2CCC(C(C)C)CC2)nc1. The lowest BCUT2D eigenvalue weighted by molar-refractivity contribution is 0.310. The van der Waals surface area contributed by atoms with Crippen molar-refractivity contribution in [1.82, 2.24) is 10.3 Å². The topological polar surface area (TPSA) is 28.2 Å². The third-order valence-electron chi connectivity index (χ3n) is 4.37. The quantitative estimate of drug-likeness (QED) is 0.806. The minimum absolute atomic E-state index is 0.817. The first kappa shape index (κ1) is 15.3. The molecule has 0 unspecified atom stereocenters. The van der Waals surface area contributed by atoms with E-state index >= 15 is 0 Å². The predicted molar refractivity (Wildman–Crippen MR) is 86.0 cm³/mol. The normalized spacial score (nSPS) is 16.9. The summed E-state index contributed by atoms with van der Waals surface area (Å²) in [6, 6.07) is 4.39. The molecule has 1 fully saturated rings. The van der Waals surface area contributed by atoms with E-state index < -0.39 is 0 Å². The standard InChI is InChI=1S/C17H29N3/c1-4-9-18-12-15-5-6-17(19-13-15)20-10-7-16(8-11-20)14(2)3/h5-6,13-14,16,18H,4,7-12H2,1-3H3. The average Bonchev–Trinajstić information content (AvgIpc) is 2.48. The second-order valence-electron chi connectivity index (χ2n) is 6.27. The molecule has 1 saturated heterocycles. The summed E-state index contributed by atoms with van der Waals surface area (Å²) in [5.41, 5.74) is 1.28. The van der Waals surface area contributed by atoms with Gasteiger partial charge in [0.25, 0.3) is 0 Å². The molecular weight excluding hydrogens is 246 g/mol. The lowest BCUT2D eigenvalue weighted by atomic mass is 9.87. The highest BCUT2D eigenvalue weighted by Gasteiger charge is 2.22. The molecule has 3 nitrogen and oxygen atoms in total. The monoisotopic (exact) mass is 275 g/mol. The van der Waals surface area contributed by atoms with Crippen molar-refractivity contribution in [3.63, 3.8) is 0 Å². The minimum atomic E-state index is 0.817. The van der Waals surface area contributed by atoms with Gasteiger partial charge in [-0.05, 0) is 49.3 Å². The molecule has 3 heteroatoms. The number of anilines is 1. The number of nitrogens with zero attached hydrogens (tertiary/aromatic N) is 2. The summed E-state index contributed by atoms with van der Waals surface area (Å²) in [6.45, 7) is 11.2. The van der Waals surface area contributed by atoms with E-state index in [0.717, 1.165) is 43.8 Å². The van der Waals surface area contributed by atoms with Crippen LogP contribution in [0.25, 0.3) is 0 Å². The van der Waals surface area contributed by atoms with Crippen LogP contribution in [0.1, 0.15) is 45.6 Å². The van der Waals surface area contributed by atoms with E-state index in [-0.39, 0.29) is 0 Å². The predicted octanol–water partition coefficient (Wildman–Crippen LogP) is 3.45. The van der Waals surface area contributed by atoms with Crippen molar-refractivity contribution in [1.29, 1.82) is 0 Å². The number of rotatable bonds is 6. The summed E-state index contributed by atoms with van der Waals surface area (Å²) in [5.74, 6) is 2.85. The van der Waals surface area contributed by atoms with Crippen molar-refractivity contribution in [2.24, 2.45) is 11.8 Å². The number of pyridine rings is 1. The van der Waals surface area contributed by atoms with Crippen molar-refractivity contribution < 1.29 is 0 Å². The molecule has 112 valence electrons. The molecular formula is C17H29N3. The second-order valence-corrected chi connectivity index (χ2v) is 6.27. The van der Waals surface area contributed by atoms with Crippen LogP contribution in [0.2, 0.25) is 0 Å². The van der Waals surface area contributed by atoms with Gasteiger partial charge in [-0.2, -0.15) is 0 Å². The summed E-state index contributed by atoms with van der Waals surface area (Å²) in [6.07, 6.45) is 5.81. The minimum Gasteiger partial charge on any atom is -0.357 e. The van der Waals surface area contributed by atoms with Gasteiger partial charge in [0.2, 0.25) is 0 Å². The average molecular weight is 275 g/mol. The van der Waals surface area contributed by atoms with Crippen LogP contribution in [-0.4, -0.2) is 24.6 Å². The van der Waals surface area contributed by atoms with Crippen LogP contribution < -0.4 is 10.2 Å². The Balaban J connectivity index is 1.84. The largest absolute Gasteiger partial charge is 0.357 e. The molecule has 1 aliphatic heterocycles. The molecule has 0 saturated carbocycles. The molecule has 0 aromatic carbocycles. The Morgan fingerprint density at radius 2 is 2.05 bits per heavy atom. The van der Waals surface area contributed by atoms with Gasteiger partial charge in [-0.3, -0.25) is 0 Å². The molecule has 0 aliphatic carbocycles. The Hall–Kier alpha value is -1.09. The van der Waals surface area contributed by atoms with E-state index in [1.807, 2.05) is 6.20 Å². The molecule has 2 rings (SSSR count). The Labute approximate surface area is 123 Å². The van der Waals surface area contributed by atoms with E-state index in [0.29, 0.717) is 0 Å². The van der Waals surface area contributed by atoms with Gasteiger partial charge in [-0.1, -0.05) is 26.8 Å². The molecule has 0 radical (unpaired) electrons. The maximum absolute atomic E-state index is 4.64. The third kappa shape index (κ3) is 4.20. The first-order chi connectivity index (χ1) is 9.70. The highest BCUT2D eigenvalue weighted by Crippen LogP contribution is 2.26. The fourth-order valence-electron chi connectivity index (χ4n) is 2.91. The van der Waals surface area contributed by atoms with E-state index in [4.69, 9.17) is 0 Å². The van der Waals surface area contributed by atoms with Gasteiger partial charge in [0.1, 0.15) is 5.82 Å². The summed E-state index contributed by atoms with van der Waals surface area (Å²) < 4.78 is 0. The van der Waals surface area contributed by atoms with Crippen molar-refractivity contribution in [2.75, 3.05) is 24.5 Å². The molecule has 0 atom stereocenters. The van der Waals surface area contributed by atoms with Crippen molar-refractivity contribution in [3.05, 3.63) is 23.9 Å². The van der Waals surface area contributed by atoms with Crippen LogP contribution in [0.15, 0.2) is 18.3 Å². The second kappa shape index (κ2) is 7.63. The van der Waals surface area contributed by atoms with Gasteiger partial charge < -0.3 is 10.2 Å². The smallest absolute Gasteiger partial charge is 0.128 e. The number of aromatic nitrogens is 1. The maximum Gasteiger partial charge on any atom is 0.128 e. The molecule has 0 spiro atoms. The van der Waals surface area contributed by atoms with Gasteiger partial charge in [0.15, 0.2) is 0 Å². The summed E-state index contributed by atoms with van der Waals surface area (Å²) in [7, 11) is 0. The van der Waals surface area contributed by atoms with Gasteiger partial charge in [-0.15, -0.1) is 0 Å². The number of hydrogen-bond acceptors (Lipinski definition) is 3. The van der Waals surface area contributed by atoms with Crippen molar-refractivity contribution in [3.8, 4) is 0 Å². The lowest BCUT2D eigenvalue weighted by Gasteiger charge is -2.34. The van der Waals surface area contributed by atoms with Crippen LogP contribution >= 0.6 is 0 Å². The summed E-state index contributed by atoms with van der Waals surface area (Å²) >= 11 is 0. The summed E-state index contributed by atoms with van der Waals surface area (Å²) in [5, 5.41) is 3.42.